The standard InChI is InChI=1S/3C38H23N5/c1-3-10-24(11-4-1)42-31-16-8-7-14-27(31)35-32(42)18-17-26-29-22-33-30(23-34(29)43(37(26)35)25-12-5-2-6-13-25)36-28(15-9-19-39-36)38-40-20-21-41(33)38;1-3-10-24(11-4-1)42-32-16-8-7-14-26(32)28-21-35-30(22-34(28)42)29-20-33-31(23-36(29)43(35)25-12-5-2-6-13-25)37-27(15-9-17-39-37)38-40-18-19-41(33)38;1-3-10-24(11-4-1)42-32-16-8-7-14-26(32)28-20-29-30-21-33-31(37-27(15-9-17-39-37)38-40-18-19-41(33)38)22-34(30)43(36(29)23-35(28)42)25-12-5-2-6-13-25/h3*1-23H. The molecule has 15 aromatic heterocycles. The van der Waals surface area contributed by atoms with Crippen molar-refractivity contribution < 1.29 is 0 Å². The molecule has 0 saturated heterocycles. The van der Waals surface area contributed by atoms with Crippen molar-refractivity contribution in [3.8, 4) is 34.1 Å². The van der Waals surface area contributed by atoms with Gasteiger partial charge < -0.3 is 27.4 Å². The fourth-order valence-corrected chi connectivity index (χ4v) is 21.4. The zero-order valence-electron chi connectivity index (χ0n) is 69.0. The van der Waals surface area contributed by atoms with Crippen molar-refractivity contribution in [2.45, 2.75) is 0 Å². The van der Waals surface area contributed by atoms with Crippen LogP contribution in [-0.2, 0) is 0 Å². The number of imidazole rings is 3. The van der Waals surface area contributed by atoms with E-state index in [2.05, 4.69) is 405 Å². The molecule has 15 heterocycles. The highest BCUT2D eigenvalue weighted by Gasteiger charge is 2.27. The van der Waals surface area contributed by atoms with Gasteiger partial charge in [0.15, 0.2) is 0 Å². The van der Waals surface area contributed by atoms with Gasteiger partial charge in [0.05, 0.1) is 99.3 Å². The third kappa shape index (κ3) is 10.2. The van der Waals surface area contributed by atoms with Gasteiger partial charge >= 0.3 is 0 Å². The van der Waals surface area contributed by atoms with Crippen LogP contribution in [0.15, 0.2) is 420 Å². The van der Waals surface area contributed by atoms with Crippen molar-refractivity contribution in [1.82, 2.24) is 70.5 Å². The molecule has 15 heteroatoms. The first-order valence-electron chi connectivity index (χ1n) is 43.5. The summed E-state index contributed by atoms with van der Waals surface area (Å²) in [4.78, 5) is 28.7. The minimum atomic E-state index is 0.924. The molecule has 129 heavy (non-hydrogen) atoms. The Morgan fingerprint density at radius 2 is 0.411 bits per heavy atom. The molecule has 0 N–H and O–H groups in total. The molecule has 0 bridgehead atoms. The van der Waals surface area contributed by atoms with E-state index in [0.717, 1.165) is 133 Å². The molecular weight excluding hydrogens is 1580 g/mol. The first-order chi connectivity index (χ1) is 64.1. The Bertz CT molecular complexity index is 9800. The van der Waals surface area contributed by atoms with Gasteiger partial charge in [-0.05, 0) is 194 Å². The van der Waals surface area contributed by atoms with Crippen LogP contribution in [0.2, 0.25) is 0 Å². The molecule has 0 aliphatic rings. The molecule has 0 radical (unpaired) electrons. The number of nitrogens with zero attached hydrogens (tertiary/aromatic N) is 15. The maximum atomic E-state index is 4.86. The largest absolute Gasteiger partial charge is 0.309 e. The maximum Gasteiger partial charge on any atom is 0.146 e. The second-order valence-corrected chi connectivity index (χ2v) is 33.4. The minimum absolute atomic E-state index is 0.924. The summed E-state index contributed by atoms with van der Waals surface area (Å²) in [5, 5.41) is 21.2. The van der Waals surface area contributed by atoms with Gasteiger partial charge in [-0.15, -0.1) is 0 Å². The van der Waals surface area contributed by atoms with E-state index in [1.165, 1.54) is 114 Å². The lowest BCUT2D eigenvalue weighted by atomic mass is 10.1. The van der Waals surface area contributed by atoms with Crippen LogP contribution in [0.5, 0.6) is 0 Å². The zero-order chi connectivity index (χ0) is 84.2. The van der Waals surface area contributed by atoms with E-state index in [1.807, 2.05) is 55.4 Å². The first kappa shape index (κ1) is 70.7. The fraction of sp³-hybridized carbons (Fsp3) is 0. The summed E-state index contributed by atoms with van der Waals surface area (Å²) >= 11 is 0. The van der Waals surface area contributed by atoms with Crippen LogP contribution in [0.3, 0.4) is 0 Å². The van der Waals surface area contributed by atoms with Crippen LogP contribution in [0.25, 0.3) is 247 Å². The third-order valence-electron chi connectivity index (χ3n) is 26.7. The van der Waals surface area contributed by atoms with Crippen molar-refractivity contribution in [2.75, 3.05) is 0 Å². The highest BCUT2D eigenvalue weighted by Crippen LogP contribution is 2.48. The Hall–Kier alpha value is -17.8. The van der Waals surface area contributed by atoms with Gasteiger partial charge in [0.2, 0.25) is 0 Å². The Balaban J connectivity index is 0.0000000976. The molecule has 0 amide bonds. The monoisotopic (exact) mass is 1650 g/mol. The molecule has 0 atom stereocenters. The van der Waals surface area contributed by atoms with Crippen LogP contribution < -0.4 is 0 Å². The zero-order valence-corrected chi connectivity index (χ0v) is 69.0. The third-order valence-corrected chi connectivity index (χ3v) is 26.7. The van der Waals surface area contributed by atoms with Gasteiger partial charge in [0.25, 0.3) is 0 Å². The fourth-order valence-electron chi connectivity index (χ4n) is 21.4. The number of hydrogen-bond donors (Lipinski definition) is 0. The number of pyridine rings is 6. The summed E-state index contributed by atoms with van der Waals surface area (Å²) in [5.74, 6) is 0. The quantitative estimate of drug-likeness (QED) is 0.153. The molecule has 30 rings (SSSR count). The SMILES string of the molecule is c1ccc(-n2c3ccccc3c3c2ccc2c4cc5c(cc4n(-c4ccccc4)c23)c2ncccc2c2nccn52)cc1.c1ccc(-n2c3ccccc3c3cc4c(cc32)c2cc3c(cc2n4-c2ccccc2)c2ncccc2c2nccn32)cc1.c1ccc(-n2c3ccccc3c3cc4c5cc6c(cc5n(-c5ccccc5)c4cc32)c2ncccc2c2nccn62)cc1. The molecule has 15 aromatic carbocycles. The smallest absolute Gasteiger partial charge is 0.146 e. The summed E-state index contributed by atoms with van der Waals surface area (Å²) in [5.41, 5.74) is 30.0. The van der Waals surface area contributed by atoms with Crippen molar-refractivity contribution >= 4 is 213 Å². The second-order valence-electron chi connectivity index (χ2n) is 33.4. The average molecular weight is 1650 g/mol. The Labute approximate surface area is 732 Å². The minimum Gasteiger partial charge on any atom is -0.309 e. The first-order valence-corrected chi connectivity index (χ1v) is 43.5. The van der Waals surface area contributed by atoms with Crippen molar-refractivity contribution in [3.63, 3.8) is 0 Å². The highest BCUT2D eigenvalue weighted by atomic mass is 15.1. The van der Waals surface area contributed by atoms with E-state index in [0.29, 0.717) is 0 Å². The number of hydrogen-bond acceptors (Lipinski definition) is 6. The number of aromatic nitrogens is 15. The molecule has 0 aliphatic carbocycles. The molecule has 0 fully saturated rings. The van der Waals surface area contributed by atoms with Gasteiger partial charge in [-0.1, -0.05) is 170 Å². The van der Waals surface area contributed by atoms with Gasteiger partial charge in [-0.25, -0.2) is 15.0 Å². The summed E-state index contributed by atoms with van der Waals surface area (Å²) in [6.07, 6.45) is 17.4. The van der Waals surface area contributed by atoms with Gasteiger partial charge in [-0.2, -0.15) is 0 Å². The molecule has 0 unspecified atom stereocenters. The molecular formula is C114H69N15. The molecule has 0 aliphatic heterocycles. The Kier molecular flexibility index (Phi) is 15.0. The van der Waals surface area contributed by atoms with Gasteiger partial charge in [0, 0.05) is 187 Å². The molecule has 600 valence electrons. The second kappa shape index (κ2) is 27.3. The predicted molar refractivity (Wildman–Crippen MR) is 530 cm³/mol. The van der Waals surface area contributed by atoms with Crippen molar-refractivity contribution in [1.29, 1.82) is 0 Å². The molecule has 30 aromatic rings. The van der Waals surface area contributed by atoms with Crippen LogP contribution in [0, 0.1) is 0 Å². The highest BCUT2D eigenvalue weighted by molar-refractivity contribution is 6.30. The van der Waals surface area contributed by atoms with Crippen molar-refractivity contribution in [2.24, 2.45) is 0 Å². The summed E-state index contributed by atoms with van der Waals surface area (Å²) in [6.45, 7) is 0. The normalized spacial score (nSPS) is 12.2. The number of para-hydroxylation sites is 9. The summed E-state index contributed by atoms with van der Waals surface area (Å²) < 4.78 is 21.0. The number of benzene rings is 15. The van der Waals surface area contributed by atoms with Crippen LogP contribution in [-0.4, -0.2) is 70.5 Å². The van der Waals surface area contributed by atoms with Gasteiger partial charge in [-0.3, -0.25) is 28.2 Å². The van der Waals surface area contributed by atoms with E-state index in [-0.39, 0.29) is 0 Å². The van der Waals surface area contributed by atoms with E-state index in [1.54, 1.807) is 0 Å². The maximum absolute atomic E-state index is 4.86. The predicted octanol–water partition coefficient (Wildman–Crippen LogP) is 27.7. The number of rotatable bonds is 6. The molecule has 15 nitrogen and oxygen atoms in total. The van der Waals surface area contributed by atoms with Gasteiger partial charge in [0.1, 0.15) is 16.9 Å². The van der Waals surface area contributed by atoms with Crippen LogP contribution in [0.4, 0.5) is 0 Å². The lowest BCUT2D eigenvalue weighted by Gasteiger charge is -2.11. The van der Waals surface area contributed by atoms with Crippen LogP contribution in [0.1, 0.15) is 0 Å². The van der Waals surface area contributed by atoms with E-state index in [4.69, 9.17) is 29.9 Å². The van der Waals surface area contributed by atoms with E-state index >= 15 is 0 Å². The lowest BCUT2D eigenvalue weighted by molar-refractivity contribution is 1.16. The lowest BCUT2D eigenvalue weighted by Crippen LogP contribution is -1.96. The number of fused-ring (bicyclic) bond motifs is 37. The summed E-state index contributed by atoms with van der Waals surface area (Å²) in [7, 11) is 0. The molecule has 0 spiro atoms. The summed E-state index contributed by atoms with van der Waals surface area (Å²) in [6, 6.07) is 131. The van der Waals surface area contributed by atoms with E-state index in [9.17, 15) is 0 Å². The Morgan fingerprint density at radius 3 is 0.798 bits per heavy atom. The van der Waals surface area contributed by atoms with Crippen LogP contribution >= 0.6 is 0 Å². The molecule has 0 saturated carbocycles. The Morgan fingerprint density at radius 1 is 0.147 bits per heavy atom. The average Bonchev–Trinajstić information content (AvgIpc) is 1.54. The van der Waals surface area contributed by atoms with Crippen molar-refractivity contribution in [3.05, 3.63) is 420 Å². The topological polar surface area (TPSA) is 120 Å². The van der Waals surface area contributed by atoms with E-state index < -0.39 is 0 Å².